The lowest BCUT2D eigenvalue weighted by Gasteiger charge is -2.11. The fourth-order valence-corrected chi connectivity index (χ4v) is 2.02. The third kappa shape index (κ3) is 5.48. The van der Waals surface area contributed by atoms with Gasteiger partial charge in [0.2, 0.25) is 0 Å². The Labute approximate surface area is 145 Å². The highest BCUT2D eigenvalue weighted by atomic mass is 32.1. The van der Waals surface area contributed by atoms with E-state index >= 15 is 0 Å². The molecule has 2 aromatic rings. The molecular weight excluding hydrogens is 327 g/mol. The van der Waals surface area contributed by atoms with E-state index in [-0.39, 0.29) is 5.11 Å². The van der Waals surface area contributed by atoms with Gasteiger partial charge in [-0.1, -0.05) is 12.6 Å². The van der Waals surface area contributed by atoms with Gasteiger partial charge in [0.05, 0.1) is 0 Å². The van der Waals surface area contributed by atoms with Gasteiger partial charge in [-0.2, -0.15) is 0 Å². The summed E-state index contributed by atoms with van der Waals surface area (Å²) in [6.07, 6.45) is 0. The highest BCUT2D eigenvalue weighted by Crippen LogP contribution is 2.17. The summed E-state index contributed by atoms with van der Waals surface area (Å²) in [4.78, 5) is 12.0. The molecule has 0 aliphatic heterocycles. The first-order valence-electron chi connectivity index (χ1n) is 7.19. The maximum atomic E-state index is 12.9. The van der Waals surface area contributed by atoms with Gasteiger partial charge in [0, 0.05) is 17.3 Å². The smallest absolute Gasteiger partial charge is 0.257 e. The highest BCUT2D eigenvalue weighted by molar-refractivity contribution is 7.80. The number of benzene rings is 2. The van der Waals surface area contributed by atoms with Crippen LogP contribution in [0.3, 0.4) is 0 Å². The lowest BCUT2D eigenvalue weighted by molar-refractivity contribution is 0.0977. The molecule has 0 spiro atoms. The van der Waals surface area contributed by atoms with Crippen LogP contribution in [0.2, 0.25) is 0 Å². The van der Waals surface area contributed by atoms with Crippen LogP contribution in [0, 0.1) is 5.82 Å². The molecular formula is C18H17FN2O2S. The van der Waals surface area contributed by atoms with Crippen molar-refractivity contribution in [2.75, 3.05) is 11.9 Å². The number of carbonyl (C=O) groups excluding carboxylic acids is 1. The molecule has 1 amide bonds. The third-order valence-corrected chi connectivity index (χ3v) is 3.11. The van der Waals surface area contributed by atoms with Crippen molar-refractivity contribution in [2.24, 2.45) is 0 Å². The molecule has 0 saturated carbocycles. The second-order valence-corrected chi connectivity index (χ2v) is 5.60. The number of hydrogen-bond acceptors (Lipinski definition) is 3. The Hall–Kier alpha value is -2.73. The van der Waals surface area contributed by atoms with Gasteiger partial charge in [0.25, 0.3) is 5.91 Å². The van der Waals surface area contributed by atoms with Crippen LogP contribution in [0.15, 0.2) is 60.7 Å². The SMILES string of the molecule is C=C(C)COc1cccc(NC(=S)NC(=O)c2ccc(F)cc2)c1. The van der Waals surface area contributed by atoms with Gasteiger partial charge in [0.1, 0.15) is 18.2 Å². The number of ether oxygens (including phenoxy) is 1. The predicted octanol–water partition coefficient (Wildman–Crippen LogP) is 3.91. The average Bonchev–Trinajstić information content (AvgIpc) is 2.53. The van der Waals surface area contributed by atoms with Crippen molar-refractivity contribution in [2.45, 2.75) is 6.92 Å². The summed E-state index contributed by atoms with van der Waals surface area (Å²) >= 11 is 5.12. The van der Waals surface area contributed by atoms with Gasteiger partial charge in [-0.25, -0.2) is 4.39 Å². The minimum absolute atomic E-state index is 0.140. The van der Waals surface area contributed by atoms with E-state index in [9.17, 15) is 9.18 Å². The van der Waals surface area contributed by atoms with Crippen LogP contribution >= 0.6 is 12.2 Å². The average molecular weight is 344 g/mol. The maximum absolute atomic E-state index is 12.9. The monoisotopic (exact) mass is 344 g/mol. The van der Waals surface area contributed by atoms with Crippen molar-refractivity contribution in [1.29, 1.82) is 0 Å². The first-order valence-corrected chi connectivity index (χ1v) is 7.60. The summed E-state index contributed by atoms with van der Waals surface area (Å²) < 4.78 is 18.4. The molecule has 2 N–H and O–H groups in total. The van der Waals surface area contributed by atoms with Crippen LogP contribution < -0.4 is 15.4 Å². The normalized spacial score (nSPS) is 9.92. The second-order valence-electron chi connectivity index (χ2n) is 5.19. The molecule has 0 heterocycles. The van der Waals surface area contributed by atoms with Gasteiger partial charge in [0.15, 0.2) is 5.11 Å². The number of nitrogens with one attached hydrogen (secondary N) is 2. The highest BCUT2D eigenvalue weighted by Gasteiger charge is 2.08. The van der Waals surface area contributed by atoms with Crippen LogP contribution in [-0.4, -0.2) is 17.6 Å². The molecule has 0 bridgehead atoms. The predicted molar refractivity (Wildman–Crippen MR) is 96.8 cm³/mol. The van der Waals surface area contributed by atoms with Crippen molar-refractivity contribution in [1.82, 2.24) is 5.32 Å². The molecule has 0 radical (unpaired) electrons. The molecule has 4 nitrogen and oxygen atoms in total. The van der Waals surface area contributed by atoms with E-state index in [1.807, 2.05) is 13.0 Å². The van der Waals surface area contributed by atoms with Gasteiger partial charge in [-0.05, 0) is 61.1 Å². The van der Waals surface area contributed by atoms with Crippen LogP contribution in [-0.2, 0) is 0 Å². The number of anilines is 1. The Bertz CT molecular complexity index is 760. The summed E-state index contributed by atoms with van der Waals surface area (Å²) in [5.74, 6) is -0.156. The zero-order chi connectivity index (χ0) is 17.5. The lowest BCUT2D eigenvalue weighted by atomic mass is 10.2. The Morgan fingerprint density at radius 1 is 1.25 bits per heavy atom. The van der Waals surface area contributed by atoms with Crippen LogP contribution in [0.25, 0.3) is 0 Å². The lowest BCUT2D eigenvalue weighted by Crippen LogP contribution is -2.34. The zero-order valence-electron chi connectivity index (χ0n) is 13.1. The number of carbonyl (C=O) groups is 1. The van der Waals surface area contributed by atoms with Crippen LogP contribution in [0.5, 0.6) is 5.75 Å². The summed E-state index contributed by atoms with van der Waals surface area (Å²) in [5, 5.41) is 5.58. The van der Waals surface area contributed by atoms with Gasteiger partial charge >= 0.3 is 0 Å². The fraction of sp³-hybridized carbons (Fsp3) is 0.111. The van der Waals surface area contributed by atoms with E-state index in [0.29, 0.717) is 23.6 Å². The first-order chi connectivity index (χ1) is 11.4. The summed E-state index contributed by atoms with van der Waals surface area (Å²) in [6, 6.07) is 12.4. The van der Waals surface area contributed by atoms with E-state index in [1.165, 1.54) is 24.3 Å². The molecule has 0 aromatic heterocycles. The van der Waals surface area contributed by atoms with Crippen molar-refractivity contribution < 1.29 is 13.9 Å². The molecule has 2 aromatic carbocycles. The number of halogens is 1. The molecule has 2 rings (SSSR count). The van der Waals surface area contributed by atoms with E-state index in [2.05, 4.69) is 17.2 Å². The van der Waals surface area contributed by atoms with Gasteiger partial charge in [-0.15, -0.1) is 0 Å². The molecule has 0 atom stereocenters. The number of hydrogen-bond donors (Lipinski definition) is 2. The van der Waals surface area contributed by atoms with Gasteiger partial charge < -0.3 is 10.1 Å². The van der Waals surface area contributed by atoms with E-state index < -0.39 is 11.7 Å². The number of thiocarbonyl (C=S) groups is 1. The molecule has 0 aliphatic rings. The van der Waals surface area contributed by atoms with E-state index in [1.54, 1.807) is 18.2 Å². The molecule has 6 heteroatoms. The maximum Gasteiger partial charge on any atom is 0.257 e. The Balaban J connectivity index is 1.94. The van der Waals surface area contributed by atoms with Crippen LogP contribution in [0.1, 0.15) is 17.3 Å². The Morgan fingerprint density at radius 3 is 2.62 bits per heavy atom. The van der Waals surface area contributed by atoms with Crippen molar-refractivity contribution in [3.05, 3.63) is 72.1 Å². The topological polar surface area (TPSA) is 50.4 Å². The third-order valence-electron chi connectivity index (χ3n) is 2.91. The van der Waals surface area contributed by atoms with Crippen molar-refractivity contribution >= 4 is 28.9 Å². The molecule has 0 aliphatic carbocycles. The van der Waals surface area contributed by atoms with E-state index in [0.717, 1.165) is 5.57 Å². The zero-order valence-corrected chi connectivity index (χ0v) is 14.0. The first kappa shape index (κ1) is 17.6. The molecule has 0 unspecified atom stereocenters. The minimum Gasteiger partial charge on any atom is -0.489 e. The number of amides is 1. The standard InChI is InChI=1S/C18H17FN2O2S/c1-12(2)11-23-16-5-3-4-15(10-16)20-18(24)21-17(22)13-6-8-14(19)9-7-13/h3-10H,1,11H2,2H3,(H2,20,21,22,24). The van der Waals surface area contributed by atoms with Gasteiger partial charge in [-0.3, -0.25) is 10.1 Å². The Morgan fingerprint density at radius 2 is 1.96 bits per heavy atom. The Kier molecular flexibility index (Phi) is 6.03. The summed E-state index contributed by atoms with van der Waals surface area (Å²) in [5.41, 5.74) is 1.91. The molecule has 24 heavy (non-hydrogen) atoms. The van der Waals surface area contributed by atoms with Crippen molar-refractivity contribution in [3.8, 4) is 5.75 Å². The fourth-order valence-electron chi connectivity index (χ4n) is 1.81. The van der Waals surface area contributed by atoms with E-state index in [4.69, 9.17) is 17.0 Å². The largest absolute Gasteiger partial charge is 0.489 e. The minimum atomic E-state index is -0.415. The second kappa shape index (κ2) is 8.21. The molecule has 0 saturated heterocycles. The quantitative estimate of drug-likeness (QED) is 0.638. The summed E-state index contributed by atoms with van der Waals surface area (Å²) in [6.45, 7) is 6.08. The van der Waals surface area contributed by atoms with Crippen molar-refractivity contribution in [3.63, 3.8) is 0 Å². The number of rotatable bonds is 5. The molecule has 124 valence electrons. The molecule has 0 fully saturated rings. The van der Waals surface area contributed by atoms with Crippen LogP contribution in [0.4, 0.5) is 10.1 Å². The summed E-state index contributed by atoms with van der Waals surface area (Å²) in [7, 11) is 0.